The van der Waals surface area contributed by atoms with Gasteiger partial charge in [-0.2, -0.15) is 13.2 Å². The SMILES string of the molecule is Cc1c(C(F)(F)F)nc2n1CCN(C(=O)C[C@H](N)Cc1cc(F)c(F)cc1F)C2. The Morgan fingerprint density at radius 3 is 2.48 bits per heavy atom. The van der Waals surface area contributed by atoms with Crippen LogP contribution in [0.2, 0.25) is 0 Å². The van der Waals surface area contributed by atoms with Crippen molar-refractivity contribution < 1.29 is 31.1 Å². The van der Waals surface area contributed by atoms with Crippen LogP contribution in [-0.2, 0) is 30.5 Å². The molecule has 0 unspecified atom stereocenters. The van der Waals surface area contributed by atoms with E-state index in [1.54, 1.807) is 0 Å². The molecule has 29 heavy (non-hydrogen) atoms. The summed E-state index contributed by atoms with van der Waals surface area (Å²) in [7, 11) is 0. The van der Waals surface area contributed by atoms with Gasteiger partial charge in [0.25, 0.3) is 0 Å². The number of hydrogen-bond acceptors (Lipinski definition) is 3. The number of nitrogens with two attached hydrogens (primary N) is 1. The van der Waals surface area contributed by atoms with Crippen LogP contribution < -0.4 is 5.73 Å². The molecule has 158 valence electrons. The topological polar surface area (TPSA) is 64.2 Å². The Morgan fingerprint density at radius 2 is 1.83 bits per heavy atom. The van der Waals surface area contributed by atoms with E-state index < -0.39 is 41.3 Å². The van der Waals surface area contributed by atoms with E-state index in [0.29, 0.717) is 12.1 Å². The minimum absolute atomic E-state index is 0.00916. The number of benzene rings is 1. The number of halogens is 6. The van der Waals surface area contributed by atoms with Crippen molar-refractivity contribution in [1.82, 2.24) is 14.5 Å². The molecule has 2 aromatic rings. The van der Waals surface area contributed by atoms with Gasteiger partial charge in [-0.15, -0.1) is 0 Å². The van der Waals surface area contributed by atoms with E-state index in [4.69, 9.17) is 5.73 Å². The number of fused-ring (bicyclic) bond motifs is 1. The summed E-state index contributed by atoms with van der Waals surface area (Å²) in [6.07, 6.45) is -5.01. The van der Waals surface area contributed by atoms with Crippen LogP contribution in [-0.4, -0.2) is 32.9 Å². The number of carbonyl (C=O) groups excluding carboxylic acids is 1. The van der Waals surface area contributed by atoms with E-state index >= 15 is 0 Å². The predicted molar refractivity (Wildman–Crippen MR) is 90.0 cm³/mol. The molecule has 0 radical (unpaired) electrons. The van der Waals surface area contributed by atoms with E-state index in [-0.39, 0.29) is 49.6 Å². The Hall–Kier alpha value is -2.56. The van der Waals surface area contributed by atoms with E-state index in [9.17, 15) is 31.1 Å². The standard InChI is InChI=1S/C18H18F6N4O/c1-9-17(18(22,23)24)26-15-8-27(2-3-28(9)15)16(29)6-11(25)4-10-5-13(20)14(21)7-12(10)19/h5,7,11H,2-4,6,8,25H2,1H3/t11-/m1/s1. The summed E-state index contributed by atoms with van der Waals surface area (Å²) in [5.74, 6) is -3.84. The Morgan fingerprint density at radius 1 is 1.17 bits per heavy atom. The summed E-state index contributed by atoms with van der Waals surface area (Å²) in [5, 5.41) is 0. The first-order valence-corrected chi connectivity index (χ1v) is 8.77. The third kappa shape index (κ3) is 4.39. The molecule has 0 aliphatic carbocycles. The number of imidazole rings is 1. The molecule has 2 heterocycles. The summed E-state index contributed by atoms with van der Waals surface area (Å²) in [5.41, 5.74) is 4.70. The fourth-order valence-electron chi connectivity index (χ4n) is 3.39. The van der Waals surface area contributed by atoms with Gasteiger partial charge in [0.15, 0.2) is 17.3 Å². The second-order valence-electron chi connectivity index (χ2n) is 6.95. The second-order valence-corrected chi connectivity index (χ2v) is 6.95. The number of nitrogens with zero attached hydrogens (tertiary/aromatic N) is 3. The predicted octanol–water partition coefficient (Wildman–Crippen LogP) is 2.93. The van der Waals surface area contributed by atoms with Gasteiger partial charge in [-0.3, -0.25) is 4.79 Å². The lowest BCUT2D eigenvalue weighted by Gasteiger charge is -2.29. The lowest BCUT2D eigenvalue weighted by molar-refractivity contribution is -0.141. The average Bonchev–Trinajstić information content (AvgIpc) is 2.96. The van der Waals surface area contributed by atoms with Crippen molar-refractivity contribution in [2.75, 3.05) is 6.54 Å². The highest BCUT2D eigenvalue weighted by atomic mass is 19.4. The van der Waals surface area contributed by atoms with Crippen molar-refractivity contribution in [1.29, 1.82) is 0 Å². The zero-order chi connectivity index (χ0) is 21.5. The Kier molecular flexibility index (Phi) is 5.61. The second kappa shape index (κ2) is 7.69. The molecular weight excluding hydrogens is 402 g/mol. The number of rotatable bonds is 4. The zero-order valence-corrected chi connectivity index (χ0v) is 15.4. The largest absolute Gasteiger partial charge is 0.435 e. The van der Waals surface area contributed by atoms with Crippen molar-refractivity contribution in [3.8, 4) is 0 Å². The molecule has 0 saturated heterocycles. The fourth-order valence-corrected chi connectivity index (χ4v) is 3.39. The summed E-state index contributed by atoms with van der Waals surface area (Å²) in [4.78, 5) is 17.4. The van der Waals surface area contributed by atoms with Crippen LogP contribution in [0.15, 0.2) is 12.1 Å². The molecule has 1 amide bonds. The number of amides is 1. The van der Waals surface area contributed by atoms with Crippen molar-refractivity contribution in [3.63, 3.8) is 0 Å². The minimum Gasteiger partial charge on any atom is -0.333 e. The molecule has 3 rings (SSSR count). The van der Waals surface area contributed by atoms with Crippen LogP contribution in [0.25, 0.3) is 0 Å². The first kappa shape index (κ1) is 21.2. The van der Waals surface area contributed by atoms with Crippen LogP contribution in [0.3, 0.4) is 0 Å². The summed E-state index contributed by atoms with van der Waals surface area (Å²) in [6.45, 7) is 1.54. The van der Waals surface area contributed by atoms with Gasteiger partial charge in [-0.05, 0) is 25.0 Å². The molecule has 0 bridgehead atoms. The minimum atomic E-state index is -4.58. The maximum atomic E-state index is 13.7. The molecular formula is C18H18F6N4O. The highest BCUT2D eigenvalue weighted by Gasteiger charge is 2.38. The van der Waals surface area contributed by atoms with Gasteiger partial charge in [0.05, 0.1) is 6.54 Å². The van der Waals surface area contributed by atoms with Gasteiger partial charge in [0, 0.05) is 37.3 Å². The van der Waals surface area contributed by atoms with E-state index in [1.165, 1.54) is 16.4 Å². The van der Waals surface area contributed by atoms with Gasteiger partial charge >= 0.3 is 6.18 Å². The Bertz CT molecular complexity index is 939. The lowest BCUT2D eigenvalue weighted by Crippen LogP contribution is -2.41. The van der Waals surface area contributed by atoms with Crippen molar-refractivity contribution in [2.24, 2.45) is 5.73 Å². The van der Waals surface area contributed by atoms with Crippen molar-refractivity contribution in [3.05, 3.63) is 52.4 Å². The van der Waals surface area contributed by atoms with Gasteiger partial charge in [0.1, 0.15) is 11.6 Å². The third-order valence-corrected chi connectivity index (χ3v) is 4.86. The first-order valence-electron chi connectivity index (χ1n) is 8.77. The summed E-state index contributed by atoms with van der Waals surface area (Å²) >= 11 is 0. The molecule has 0 saturated carbocycles. The van der Waals surface area contributed by atoms with Gasteiger partial charge in [-0.25, -0.2) is 18.2 Å². The molecule has 1 aromatic carbocycles. The Balaban J connectivity index is 1.66. The van der Waals surface area contributed by atoms with E-state index in [2.05, 4.69) is 4.98 Å². The van der Waals surface area contributed by atoms with E-state index in [0.717, 1.165) is 0 Å². The maximum Gasteiger partial charge on any atom is 0.435 e. The monoisotopic (exact) mass is 420 g/mol. The van der Waals surface area contributed by atoms with Gasteiger partial charge in [-0.1, -0.05) is 0 Å². The molecule has 5 nitrogen and oxygen atoms in total. The van der Waals surface area contributed by atoms with Crippen LogP contribution in [0.1, 0.15) is 29.2 Å². The lowest BCUT2D eigenvalue weighted by atomic mass is 10.0. The molecule has 1 aliphatic heterocycles. The fraction of sp³-hybridized carbons (Fsp3) is 0.444. The average molecular weight is 420 g/mol. The zero-order valence-electron chi connectivity index (χ0n) is 15.4. The van der Waals surface area contributed by atoms with E-state index in [1.807, 2.05) is 0 Å². The molecule has 0 fully saturated rings. The number of hydrogen-bond donors (Lipinski definition) is 1. The third-order valence-electron chi connectivity index (χ3n) is 4.86. The Labute approximate surface area is 162 Å². The van der Waals surface area contributed by atoms with Crippen LogP contribution >= 0.6 is 0 Å². The van der Waals surface area contributed by atoms with Crippen LogP contribution in [0.4, 0.5) is 26.3 Å². The van der Waals surface area contributed by atoms with Gasteiger partial charge in [0.2, 0.25) is 5.91 Å². The molecule has 1 aliphatic rings. The highest BCUT2D eigenvalue weighted by molar-refractivity contribution is 5.77. The van der Waals surface area contributed by atoms with Crippen molar-refractivity contribution in [2.45, 2.75) is 45.1 Å². The molecule has 1 aromatic heterocycles. The van der Waals surface area contributed by atoms with Crippen molar-refractivity contribution >= 4 is 5.91 Å². The molecule has 0 spiro atoms. The molecule has 11 heteroatoms. The highest BCUT2D eigenvalue weighted by Crippen LogP contribution is 2.32. The number of carbonyl (C=O) groups is 1. The normalized spacial score (nSPS) is 15.4. The summed E-state index contributed by atoms with van der Waals surface area (Å²) < 4.78 is 80.4. The number of aromatic nitrogens is 2. The quantitative estimate of drug-likeness (QED) is 0.611. The molecule has 1 atom stereocenters. The van der Waals surface area contributed by atoms with Crippen LogP contribution in [0, 0.1) is 24.4 Å². The summed E-state index contributed by atoms with van der Waals surface area (Å²) in [6, 6.07) is 0.217. The van der Waals surface area contributed by atoms with Gasteiger partial charge < -0.3 is 15.2 Å². The smallest absolute Gasteiger partial charge is 0.333 e. The maximum absolute atomic E-state index is 13.7. The van der Waals surface area contributed by atoms with Crippen LogP contribution in [0.5, 0.6) is 0 Å². The first-order chi connectivity index (χ1) is 13.5. The number of alkyl halides is 3. The molecule has 2 N–H and O–H groups in total.